The van der Waals surface area contributed by atoms with Gasteiger partial charge in [0.15, 0.2) is 0 Å². The highest BCUT2D eigenvalue weighted by atomic mass is 16.4. The van der Waals surface area contributed by atoms with Crippen molar-refractivity contribution in [3.05, 3.63) is 113 Å². The fourth-order valence-corrected chi connectivity index (χ4v) is 4.98. The number of carboxylic acids is 1. The number of carboxylic acid groups (broad SMARTS) is 1. The van der Waals surface area contributed by atoms with E-state index in [2.05, 4.69) is 47.4 Å². The molecule has 0 saturated heterocycles. The zero-order valence-electron chi connectivity index (χ0n) is 22.8. The zero-order valence-corrected chi connectivity index (χ0v) is 22.8. The van der Waals surface area contributed by atoms with Crippen molar-refractivity contribution >= 4 is 35.2 Å². The monoisotopic (exact) mass is 527 g/mol. The number of anilines is 3. The second-order valence-electron chi connectivity index (χ2n) is 10.1. The van der Waals surface area contributed by atoms with Gasteiger partial charge in [-0.25, -0.2) is 4.79 Å². The van der Waals surface area contributed by atoms with Crippen molar-refractivity contribution in [1.29, 1.82) is 10.5 Å². The van der Waals surface area contributed by atoms with Crippen molar-refractivity contribution in [1.82, 2.24) is 0 Å². The number of hydrogen-bond acceptors (Lipinski definition) is 4. The predicted octanol–water partition coefficient (Wildman–Crippen LogP) is 8.75. The Balaban J connectivity index is 1.62. The molecule has 4 rings (SSSR count). The molecule has 40 heavy (non-hydrogen) atoms. The molecule has 1 saturated carbocycles. The summed E-state index contributed by atoms with van der Waals surface area (Å²) in [5, 5.41) is 27.4. The lowest BCUT2D eigenvalue weighted by atomic mass is 9.89. The summed E-state index contributed by atoms with van der Waals surface area (Å²) in [4.78, 5) is 13.4. The Morgan fingerprint density at radius 3 is 1.85 bits per heavy atom. The van der Waals surface area contributed by atoms with Crippen LogP contribution in [-0.4, -0.2) is 11.1 Å². The minimum absolute atomic E-state index is 0.311. The predicted molar refractivity (Wildman–Crippen MR) is 161 cm³/mol. The SMILES string of the molecule is C/C(C#N)=C/c1ccc(N(c2ccc(/C=C(/C#N)C(=O)O)cc2)c2ccc(C/C=C/C3CCCCC3)cc2)cc1. The number of rotatable bonds is 9. The maximum absolute atomic E-state index is 11.2. The van der Waals surface area contributed by atoms with E-state index in [1.165, 1.54) is 43.7 Å². The second kappa shape index (κ2) is 13.8. The van der Waals surface area contributed by atoms with Crippen LogP contribution in [0.4, 0.5) is 17.1 Å². The van der Waals surface area contributed by atoms with Crippen LogP contribution in [0.5, 0.6) is 0 Å². The Labute approximate surface area is 236 Å². The first-order chi connectivity index (χ1) is 19.5. The van der Waals surface area contributed by atoms with Crippen LogP contribution in [0, 0.1) is 28.6 Å². The summed E-state index contributed by atoms with van der Waals surface area (Å²) in [7, 11) is 0. The van der Waals surface area contributed by atoms with E-state index in [9.17, 15) is 9.90 Å². The van der Waals surface area contributed by atoms with E-state index in [4.69, 9.17) is 10.5 Å². The Morgan fingerprint density at radius 2 is 1.35 bits per heavy atom. The van der Waals surface area contributed by atoms with Crippen LogP contribution < -0.4 is 4.90 Å². The summed E-state index contributed by atoms with van der Waals surface area (Å²) in [5.74, 6) is -0.529. The van der Waals surface area contributed by atoms with Gasteiger partial charge in [-0.1, -0.05) is 67.8 Å². The number of nitrogens with zero attached hydrogens (tertiary/aromatic N) is 3. The van der Waals surface area contributed by atoms with Gasteiger partial charge in [0, 0.05) is 22.6 Å². The third-order valence-corrected chi connectivity index (χ3v) is 7.13. The molecule has 0 amide bonds. The lowest BCUT2D eigenvalue weighted by Crippen LogP contribution is -2.10. The topological polar surface area (TPSA) is 88.1 Å². The average molecular weight is 528 g/mol. The van der Waals surface area contributed by atoms with Crippen molar-refractivity contribution in [2.75, 3.05) is 4.90 Å². The van der Waals surface area contributed by atoms with Gasteiger partial charge in [0.05, 0.1) is 6.07 Å². The van der Waals surface area contributed by atoms with Gasteiger partial charge in [-0.05, 0) is 97.3 Å². The van der Waals surface area contributed by atoms with Crippen molar-refractivity contribution in [2.24, 2.45) is 5.92 Å². The highest BCUT2D eigenvalue weighted by Crippen LogP contribution is 2.35. The molecule has 0 aromatic heterocycles. The van der Waals surface area contributed by atoms with Crippen molar-refractivity contribution in [3.63, 3.8) is 0 Å². The maximum atomic E-state index is 11.2. The summed E-state index contributed by atoms with van der Waals surface area (Å²) in [6.07, 6.45) is 15.5. The van der Waals surface area contributed by atoms with Crippen molar-refractivity contribution < 1.29 is 9.90 Å². The fourth-order valence-electron chi connectivity index (χ4n) is 4.98. The van der Waals surface area contributed by atoms with Gasteiger partial charge in [0.1, 0.15) is 11.6 Å². The Bertz CT molecular complexity index is 1480. The number of carbonyl (C=O) groups is 1. The third kappa shape index (κ3) is 7.59. The molecule has 0 radical (unpaired) electrons. The molecule has 3 aromatic rings. The number of hydrogen-bond donors (Lipinski definition) is 1. The number of benzene rings is 3. The molecule has 0 unspecified atom stereocenters. The van der Waals surface area contributed by atoms with Gasteiger partial charge in [-0.2, -0.15) is 10.5 Å². The number of allylic oxidation sites excluding steroid dienone is 3. The molecule has 1 fully saturated rings. The van der Waals surface area contributed by atoms with Crippen molar-refractivity contribution in [3.8, 4) is 12.1 Å². The van der Waals surface area contributed by atoms with E-state index in [-0.39, 0.29) is 5.57 Å². The molecule has 1 N–H and O–H groups in total. The molecule has 200 valence electrons. The van der Waals surface area contributed by atoms with Gasteiger partial charge in [-0.3, -0.25) is 0 Å². The van der Waals surface area contributed by atoms with E-state index in [1.54, 1.807) is 25.1 Å². The Hall–Kier alpha value is -4.87. The quantitative estimate of drug-likeness (QED) is 0.171. The standard InChI is InChI=1S/C35H33N3O2/c1-26(24-36)22-29-12-18-33(19-13-29)38(34-20-14-30(15-21-34)23-31(25-37)35(39)40)32-16-10-28(11-17-32)9-5-8-27-6-3-2-4-7-27/h5,8,10-23,27H,2-4,6-7,9H2,1H3,(H,39,40)/b8-5+,26-22-,31-23-. The molecule has 5 nitrogen and oxygen atoms in total. The van der Waals surface area contributed by atoms with Crippen LogP contribution in [0.2, 0.25) is 0 Å². The zero-order chi connectivity index (χ0) is 28.3. The molecule has 0 bridgehead atoms. The fraction of sp³-hybridized carbons (Fsp3) is 0.229. The highest BCUT2D eigenvalue weighted by molar-refractivity contribution is 5.96. The van der Waals surface area contributed by atoms with E-state index >= 15 is 0 Å². The molecular weight excluding hydrogens is 494 g/mol. The van der Waals surface area contributed by atoms with Crippen LogP contribution >= 0.6 is 0 Å². The van der Waals surface area contributed by atoms with Crippen LogP contribution in [-0.2, 0) is 11.2 Å². The van der Waals surface area contributed by atoms with Crippen molar-refractivity contribution in [2.45, 2.75) is 45.4 Å². The summed E-state index contributed by atoms with van der Waals surface area (Å²) < 4.78 is 0. The first kappa shape index (κ1) is 28.1. The minimum Gasteiger partial charge on any atom is -0.477 e. The Kier molecular flexibility index (Phi) is 9.70. The van der Waals surface area contributed by atoms with Crippen LogP contribution in [0.1, 0.15) is 55.7 Å². The highest BCUT2D eigenvalue weighted by Gasteiger charge is 2.14. The molecular formula is C35H33N3O2. The molecule has 5 heteroatoms. The smallest absolute Gasteiger partial charge is 0.346 e. The summed E-state index contributed by atoms with van der Waals surface area (Å²) in [6, 6.07) is 27.9. The van der Waals surface area contributed by atoms with Gasteiger partial charge < -0.3 is 10.0 Å². The summed E-state index contributed by atoms with van der Waals surface area (Å²) in [6.45, 7) is 1.78. The van der Waals surface area contributed by atoms with Gasteiger partial charge in [0.2, 0.25) is 0 Å². The first-order valence-corrected chi connectivity index (χ1v) is 13.7. The minimum atomic E-state index is -1.25. The molecule has 0 heterocycles. The van der Waals surface area contributed by atoms with Crippen LogP contribution in [0.15, 0.2) is 96.1 Å². The number of nitriles is 2. The van der Waals surface area contributed by atoms with Gasteiger partial charge >= 0.3 is 5.97 Å². The summed E-state index contributed by atoms with van der Waals surface area (Å²) >= 11 is 0. The molecule has 0 spiro atoms. The van der Waals surface area contributed by atoms with Gasteiger partial charge in [0.25, 0.3) is 0 Å². The maximum Gasteiger partial charge on any atom is 0.346 e. The number of aliphatic carboxylic acids is 1. The molecule has 0 atom stereocenters. The second-order valence-corrected chi connectivity index (χ2v) is 10.1. The lowest BCUT2D eigenvalue weighted by molar-refractivity contribution is -0.132. The average Bonchev–Trinajstić information content (AvgIpc) is 2.98. The van der Waals surface area contributed by atoms with E-state index < -0.39 is 5.97 Å². The van der Waals surface area contributed by atoms with Crippen LogP contribution in [0.3, 0.4) is 0 Å². The largest absolute Gasteiger partial charge is 0.477 e. The molecule has 1 aliphatic rings. The van der Waals surface area contributed by atoms with Crippen LogP contribution in [0.25, 0.3) is 12.2 Å². The Morgan fingerprint density at radius 1 is 0.825 bits per heavy atom. The van der Waals surface area contributed by atoms with E-state index in [0.717, 1.165) is 35.0 Å². The van der Waals surface area contributed by atoms with Gasteiger partial charge in [-0.15, -0.1) is 0 Å². The molecule has 3 aromatic carbocycles. The summed E-state index contributed by atoms with van der Waals surface area (Å²) in [5.41, 5.74) is 5.99. The third-order valence-electron chi connectivity index (χ3n) is 7.13. The normalized spacial score (nSPS) is 14.5. The van der Waals surface area contributed by atoms with E-state index in [1.807, 2.05) is 42.5 Å². The lowest BCUT2D eigenvalue weighted by Gasteiger charge is -2.26. The molecule has 1 aliphatic carbocycles. The first-order valence-electron chi connectivity index (χ1n) is 13.7. The van der Waals surface area contributed by atoms with E-state index in [0.29, 0.717) is 11.1 Å². The molecule has 0 aliphatic heterocycles.